The quantitative estimate of drug-likeness (QED) is 0.787. The Hall–Kier alpha value is -2.21. The van der Waals surface area contributed by atoms with E-state index in [4.69, 9.17) is 5.11 Å². The van der Waals surface area contributed by atoms with Crippen LogP contribution < -0.4 is 5.32 Å². The summed E-state index contributed by atoms with van der Waals surface area (Å²) in [7, 11) is 1.69. The average molecular weight is 277 g/mol. The van der Waals surface area contributed by atoms with E-state index >= 15 is 0 Å². The first-order chi connectivity index (χ1) is 9.59. The fourth-order valence-corrected chi connectivity index (χ4v) is 1.98. The Kier molecular flexibility index (Phi) is 4.47. The van der Waals surface area contributed by atoms with Crippen LogP contribution in [0.5, 0.6) is 0 Å². The van der Waals surface area contributed by atoms with Gasteiger partial charge in [0.15, 0.2) is 0 Å². The van der Waals surface area contributed by atoms with Gasteiger partial charge in [0.1, 0.15) is 11.4 Å². The highest BCUT2D eigenvalue weighted by molar-refractivity contribution is 5.88. The molecule has 0 saturated carbocycles. The van der Waals surface area contributed by atoms with Gasteiger partial charge in [0.05, 0.1) is 11.9 Å². The van der Waals surface area contributed by atoms with Crippen molar-refractivity contribution in [3.05, 3.63) is 53.1 Å². The number of carboxylic acids is 1. The molecule has 0 radical (unpaired) electrons. The van der Waals surface area contributed by atoms with Crippen LogP contribution in [0.15, 0.2) is 30.5 Å². The zero-order chi connectivity index (χ0) is 14.5. The second-order valence-electron chi connectivity index (χ2n) is 4.45. The number of aromatic nitrogens is 2. The van der Waals surface area contributed by atoms with Crippen LogP contribution >= 0.6 is 0 Å². The van der Waals surface area contributed by atoms with Gasteiger partial charge in [0, 0.05) is 13.6 Å². The van der Waals surface area contributed by atoms with Crippen LogP contribution in [0.3, 0.4) is 0 Å². The minimum Gasteiger partial charge on any atom is -0.478 e. The predicted molar refractivity (Wildman–Crippen MR) is 72.0 cm³/mol. The second kappa shape index (κ2) is 6.29. The first kappa shape index (κ1) is 14.2. The maximum Gasteiger partial charge on any atom is 0.339 e. The van der Waals surface area contributed by atoms with Gasteiger partial charge in [0.2, 0.25) is 0 Å². The Morgan fingerprint density at radius 1 is 1.45 bits per heavy atom. The molecule has 0 aliphatic carbocycles. The molecule has 0 bridgehead atoms. The van der Waals surface area contributed by atoms with Crippen LogP contribution in [0, 0.1) is 5.82 Å². The fraction of sp³-hybridized carbons (Fsp3) is 0.286. The van der Waals surface area contributed by atoms with Gasteiger partial charge >= 0.3 is 5.97 Å². The molecule has 0 aliphatic heterocycles. The van der Waals surface area contributed by atoms with E-state index in [1.165, 1.54) is 16.9 Å². The van der Waals surface area contributed by atoms with E-state index in [1.54, 1.807) is 25.2 Å². The third-order valence-corrected chi connectivity index (χ3v) is 3.11. The molecular weight excluding hydrogens is 261 g/mol. The molecule has 20 heavy (non-hydrogen) atoms. The zero-order valence-electron chi connectivity index (χ0n) is 11.1. The van der Waals surface area contributed by atoms with Crippen LogP contribution in [0.4, 0.5) is 4.39 Å². The van der Waals surface area contributed by atoms with Gasteiger partial charge in [0.25, 0.3) is 0 Å². The molecule has 6 heteroatoms. The molecule has 1 heterocycles. The van der Waals surface area contributed by atoms with Gasteiger partial charge < -0.3 is 10.4 Å². The molecule has 2 rings (SSSR count). The van der Waals surface area contributed by atoms with E-state index in [2.05, 4.69) is 10.4 Å². The third-order valence-electron chi connectivity index (χ3n) is 3.11. The molecule has 0 atom stereocenters. The topological polar surface area (TPSA) is 67.2 Å². The maximum atomic E-state index is 13.4. The molecule has 0 spiro atoms. The van der Waals surface area contributed by atoms with Crippen molar-refractivity contribution in [1.82, 2.24) is 15.1 Å². The molecule has 0 amide bonds. The lowest BCUT2D eigenvalue weighted by atomic mass is 10.1. The van der Waals surface area contributed by atoms with Gasteiger partial charge in [-0.05, 0) is 24.6 Å². The van der Waals surface area contributed by atoms with Crippen LogP contribution in [-0.4, -0.2) is 27.4 Å². The highest BCUT2D eigenvalue weighted by Gasteiger charge is 2.14. The van der Waals surface area contributed by atoms with Crippen molar-refractivity contribution < 1.29 is 14.3 Å². The molecule has 106 valence electrons. The summed E-state index contributed by atoms with van der Waals surface area (Å²) in [6.45, 7) is 0.942. The molecule has 1 aromatic heterocycles. The standard InChI is InChI=1S/C14H16FN3O2/c1-18-13(11(8-17-18)14(19)20)9-16-7-6-10-4-2-3-5-12(10)15/h2-5,8,16H,6-7,9H2,1H3,(H,19,20). The molecule has 0 aliphatic rings. The van der Waals surface area contributed by atoms with Crippen molar-refractivity contribution >= 4 is 5.97 Å². The van der Waals surface area contributed by atoms with Gasteiger partial charge in [-0.2, -0.15) is 5.10 Å². The number of nitrogens with one attached hydrogen (secondary N) is 1. The highest BCUT2D eigenvalue weighted by atomic mass is 19.1. The van der Waals surface area contributed by atoms with Crippen molar-refractivity contribution in [2.75, 3.05) is 6.54 Å². The van der Waals surface area contributed by atoms with E-state index < -0.39 is 5.97 Å². The minimum atomic E-state index is -0.996. The Bertz CT molecular complexity index is 610. The molecule has 5 nitrogen and oxygen atoms in total. The number of hydrogen-bond donors (Lipinski definition) is 2. The van der Waals surface area contributed by atoms with Crippen molar-refractivity contribution in [1.29, 1.82) is 0 Å². The smallest absolute Gasteiger partial charge is 0.339 e. The van der Waals surface area contributed by atoms with Crippen molar-refractivity contribution in [3.63, 3.8) is 0 Å². The van der Waals surface area contributed by atoms with Gasteiger partial charge in [-0.3, -0.25) is 4.68 Å². The second-order valence-corrected chi connectivity index (χ2v) is 4.45. The zero-order valence-corrected chi connectivity index (χ0v) is 11.1. The van der Waals surface area contributed by atoms with E-state index in [1.807, 2.05) is 0 Å². The maximum absolute atomic E-state index is 13.4. The molecule has 0 fully saturated rings. The summed E-state index contributed by atoms with van der Waals surface area (Å²) in [5.74, 6) is -1.22. The summed E-state index contributed by atoms with van der Waals surface area (Å²) in [6.07, 6.45) is 1.88. The number of carbonyl (C=O) groups is 1. The van der Waals surface area contributed by atoms with Crippen molar-refractivity contribution in [2.45, 2.75) is 13.0 Å². The Balaban J connectivity index is 1.89. The fourth-order valence-electron chi connectivity index (χ4n) is 1.98. The summed E-state index contributed by atoms with van der Waals surface area (Å²) >= 11 is 0. The molecular formula is C14H16FN3O2. The first-order valence-electron chi connectivity index (χ1n) is 6.28. The molecule has 1 aromatic carbocycles. The summed E-state index contributed by atoms with van der Waals surface area (Å²) in [5.41, 5.74) is 1.43. The van der Waals surface area contributed by atoms with Gasteiger partial charge in [-0.15, -0.1) is 0 Å². The number of carboxylic acid groups (broad SMARTS) is 1. The van der Waals surface area contributed by atoms with E-state index in [9.17, 15) is 9.18 Å². The number of aryl methyl sites for hydroxylation is 1. The molecule has 0 saturated heterocycles. The van der Waals surface area contributed by atoms with Crippen molar-refractivity contribution in [3.8, 4) is 0 Å². The van der Waals surface area contributed by atoms with E-state index in [-0.39, 0.29) is 11.4 Å². The lowest BCUT2D eigenvalue weighted by Gasteiger charge is -2.07. The van der Waals surface area contributed by atoms with Crippen LogP contribution in [0.25, 0.3) is 0 Å². The largest absolute Gasteiger partial charge is 0.478 e. The van der Waals surface area contributed by atoms with Crippen LogP contribution in [0.1, 0.15) is 21.6 Å². The Labute approximate surface area is 116 Å². The number of benzene rings is 1. The monoisotopic (exact) mass is 277 g/mol. The molecule has 2 N–H and O–H groups in total. The lowest BCUT2D eigenvalue weighted by molar-refractivity contribution is 0.0695. The highest BCUT2D eigenvalue weighted by Crippen LogP contribution is 2.08. The van der Waals surface area contributed by atoms with Gasteiger partial charge in [-0.1, -0.05) is 18.2 Å². The average Bonchev–Trinajstić information content (AvgIpc) is 2.78. The normalized spacial score (nSPS) is 10.7. The third kappa shape index (κ3) is 3.21. The predicted octanol–water partition coefficient (Wildman–Crippen LogP) is 1.59. The molecule has 0 unspecified atom stereocenters. The number of hydrogen-bond acceptors (Lipinski definition) is 3. The van der Waals surface area contributed by atoms with E-state index in [0.29, 0.717) is 30.8 Å². The SMILES string of the molecule is Cn1ncc(C(=O)O)c1CNCCc1ccccc1F. The summed E-state index contributed by atoms with van der Waals surface area (Å²) in [5, 5.41) is 16.1. The Morgan fingerprint density at radius 2 is 2.20 bits per heavy atom. The summed E-state index contributed by atoms with van der Waals surface area (Å²) in [6, 6.07) is 6.62. The Morgan fingerprint density at radius 3 is 2.90 bits per heavy atom. The van der Waals surface area contributed by atoms with Gasteiger partial charge in [-0.25, -0.2) is 9.18 Å². The summed E-state index contributed by atoms with van der Waals surface area (Å²) in [4.78, 5) is 11.0. The van der Waals surface area contributed by atoms with Crippen LogP contribution in [-0.2, 0) is 20.0 Å². The summed E-state index contributed by atoms with van der Waals surface area (Å²) < 4.78 is 14.9. The lowest BCUT2D eigenvalue weighted by Crippen LogP contribution is -2.20. The minimum absolute atomic E-state index is 0.186. The number of nitrogens with zero attached hydrogens (tertiary/aromatic N) is 2. The number of aromatic carboxylic acids is 1. The first-order valence-corrected chi connectivity index (χ1v) is 6.28. The van der Waals surface area contributed by atoms with Crippen molar-refractivity contribution in [2.24, 2.45) is 7.05 Å². The van der Waals surface area contributed by atoms with E-state index in [0.717, 1.165) is 0 Å². The number of rotatable bonds is 6. The molecule has 2 aromatic rings. The van der Waals surface area contributed by atoms with Crippen LogP contribution in [0.2, 0.25) is 0 Å². The number of halogens is 1.